The van der Waals surface area contributed by atoms with Gasteiger partial charge in [0.05, 0.1) is 11.4 Å². The van der Waals surface area contributed by atoms with E-state index < -0.39 is 0 Å². The fraction of sp³-hybridized carbons (Fsp3) is 0.333. The van der Waals surface area contributed by atoms with E-state index in [-0.39, 0.29) is 5.56 Å². The molecule has 3 rings (SSSR count). The number of hydrogen-bond acceptors (Lipinski definition) is 3. The van der Waals surface area contributed by atoms with Crippen LogP contribution in [-0.4, -0.2) is 9.38 Å². The van der Waals surface area contributed by atoms with Crippen molar-refractivity contribution in [1.29, 1.82) is 0 Å². The SMILES string of the molecule is Nc1cccn2c(=O)cc(C3CCC3)nc12. The Balaban J connectivity index is 2.27. The Labute approximate surface area is 92.7 Å². The average Bonchev–Trinajstić information content (AvgIpc) is 2.17. The Morgan fingerprint density at radius 3 is 2.94 bits per heavy atom. The van der Waals surface area contributed by atoms with Crippen LogP contribution >= 0.6 is 0 Å². The van der Waals surface area contributed by atoms with Crippen molar-refractivity contribution in [3.8, 4) is 0 Å². The van der Waals surface area contributed by atoms with Gasteiger partial charge in [0.15, 0.2) is 5.65 Å². The topological polar surface area (TPSA) is 60.4 Å². The number of nitrogens with two attached hydrogens (primary N) is 1. The summed E-state index contributed by atoms with van der Waals surface area (Å²) in [5.41, 5.74) is 7.82. The Morgan fingerprint density at radius 1 is 1.44 bits per heavy atom. The maximum absolute atomic E-state index is 11.9. The number of nitrogen functional groups attached to an aromatic ring is 1. The standard InChI is InChI=1S/C12H13N3O/c13-9-5-2-6-15-11(16)7-10(14-12(9)15)8-3-1-4-8/h2,5-8H,1,3-4,13H2. The molecule has 1 fully saturated rings. The Bertz CT molecular complexity index is 599. The lowest BCUT2D eigenvalue weighted by Crippen LogP contribution is -2.20. The van der Waals surface area contributed by atoms with Gasteiger partial charge in [0.2, 0.25) is 0 Å². The highest BCUT2D eigenvalue weighted by molar-refractivity contribution is 5.64. The molecule has 1 saturated carbocycles. The van der Waals surface area contributed by atoms with Gasteiger partial charge in [0.1, 0.15) is 0 Å². The quantitative estimate of drug-likeness (QED) is 0.785. The van der Waals surface area contributed by atoms with Gasteiger partial charge < -0.3 is 5.73 Å². The van der Waals surface area contributed by atoms with Crippen molar-refractivity contribution >= 4 is 11.3 Å². The van der Waals surface area contributed by atoms with Gasteiger partial charge in [-0.15, -0.1) is 0 Å². The zero-order valence-electron chi connectivity index (χ0n) is 8.89. The first kappa shape index (κ1) is 9.39. The van der Waals surface area contributed by atoms with E-state index in [1.54, 1.807) is 24.4 Å². The number of anilines is 1. The van der Waals surface area contributed by atoms with Crippen molar-refractivity contribution in [2.45, 2.75) is 25.2 Å². The van der Waals surface area contributed by atoms with E-state index in [0.29, 0.717) is 17.3 Å². The molecule has 4 nitrogen and oxygen atoms in total. The number of fused-ring (bicyclic) bond motifs is 1. The number of hydrogen-bond donors (Lipinski definition) is 1. The molecule has 0 radical (unpaired) electrons. The van der Waals surface area contributed by atoms with Gasteiger partial charge in [-0.2, -0.15) is 0 Å². The first-order valence-electron chi connectivity index (χ1n) is 5.53. The fourth-order valence-corrected chi connectivity index (χ4v) is 2.08. The zero-order chi connectivity index (χ0) is 11.1. The van der Waals surface area contributed by atoms with E-state index in [1.807, 2.05) is 0 Å². The summed E-state index contributed by atoms with van der Waals surface area (Å²) >= 11 is 0. The minimum atomic E-state index is -0.0424. The van der Waals surface area contributed by atoms with Crippen molar-refractivity contribution in [1.82, 2.24) is 9.38 Å². The maximum Gasteiger partial charge on any atom is 0.258 e. The molecule has 82 valence electrons. The van der Waals surface area contributed by atoms with Gasteiger partial charge in [-0.3, -0.25) is 9.20 Å². The molecule has 4 heteroatoms. The third-order valence-electron chi connectivity index (χ3n) is 3.26. The highest BCUT2D eigenvalue weighted by atomic mass is 16.1. The lowest BCUT2D eigenvalue weighted by molar-refractivity contribution is 0.411. The van der Waals surface area contributed by atoms with E-state index in [4.69, 9.17) is 5.73 Å². The molecular weight excluding hydrogens is 202 g/mol. The zero-order valence-corrected chi connectivity index (χ0v) is 8.89. The molecule has 0 saturated heterocycles. The van der Waals surface area contributed by atoms with Crippen molar-refractivity contribution in [3.63, 3.8) is 0 Å². The van der Waals surface area contributed by atoms with Crippen molar-refractivity contribution in [2.24, 2.45) is 0 Å². The summed E-state index contributed by atoms with van der Waals surface area (Å²) in [6, 6.07) is 5.16. The summed E-state index contributed by atoms with van der Waals surface area (Å²) < 4.78 is 1.50. The number of pyridine rings is 1. The molecule has 2 heterocycles. The van der Waals surface area contributed by atoms with Crippen molar-refractivity contribution in [2.75, 3.05) is 5.73 Å². The Morgan fingerprint density at radius 2 is 2.25 bits per heavy atom. The maximum atomic E-state index is 11.9. The molecule has 16 heavy (non-hydrogen) atoms. The molecule has 2 aromatic rings. The molecule has 0 atom stereocenters. The summed E-state index contributed by atoms with van der Waals surface area (Å²) in [5.74, 6) is 0.456. The largest absolute Gasteiger partial charge is 0.396 e. The first-order chi connectivity index (χ1) is 7.75. The van der Waals surface area contributed by atoms with E-state index in [1.165, 1.54) is 10.8 Å². The summed E-state index contributed by atoms with van der Waals surface area (Å²) in [6.07, 6.45) is 5.20. The van der Waals surface area contributed by atoms with E-state index in [0.717, 1.165) is 18.5 Å². The molecule has 1 aliphatic carbocycles. The Kier molecular flexibility index (Phi) is 1.96. The monoisotopic (exact) mass is 215 g/mol. The number of aromatic nitrogens is 2. The molecule has 2 N–H and O–H groups in total. The molecule has 0 unspecified atom stereocenters. The molecule has 1 aliphatic rings. The number of nitrogens with zero attached hydrogens (tertiary/aromatic N) is 2. The highest BCUT2D eigenvalue weighted by Gasteiger charge is 2.22. The van der Waals surface area contributed by atoms with E-state index >= 15 is 0 Å². The van der Waals surface area contributed by atoms with Crippen LogP contribution in [-0.2, 0) is 0 Å². The van der Waals surface area contributed by atoms with Crippen LogP contribution in [0.2, 0.25) is 0 Å². The van der Waals surface area contributed by atoms with Crippen molar-refractivity contribution < 1.29 is 0 Å². The van der Waals surface area contributed by atoms with Crippen LogP contribution < -0.4 is 11.3 Å². The molecule has 0 amide bonds. The van der Waals surface area contributed by atoms with Gasteiger partial charge in [-0.1, -0.05) is 6.42 Å². The van der Waals surface area contributed by atoms with Gasteiger partial charge >= 0.3 is 0 Å². The van der Waals surface area contributed by atoms with E-state index in [2.05, 4.69) is 4.98 Å². The van der Waals surface area contributed by atoms with Gasteiger partial charge in [-0.05, 0) is 25.0 Å². The smallest absolute Gasteiger partial charge is 0.258 e. The highest BCUT2D eigenvalue weighted by Crippen LogP contribution is 2.34. The molecule has 2 aromatic heterocycles. The van der Waals surface area contributed by atoms with E-state index in [9.17, 15) is 4.79 Å². The average molecular weight is 215 g/mol. The second-order valence-electron chi connectivity index (χ2n) is 4.30. The van der Waals surface area contributed by atoms with Crippen LogP contribution in [0.4, 0.5) is 5.69 Å². The molecule has 0 aliphatic heterocycles. The normalized spacial score (nSPS) is 16.2. The predicted octanol–water partition coefficient (Wildman–Crippen LogP) is 1.54. The number of rotatable bonds is 1. The Hall–Kier alpha value is -1.84. The summed E-state index contributed by atoms with van der Waals surface area (Å²) in [7, 11) is 0. The van der Waals surface area contributed by atoms with Crippen LogP contribution in [0, 0.1) is 0 Å². The lowest BCUT2D eigenvalue weighted by atomic mass is 9.83. The van der Waals surface area contributed by atoms with Gasteiger partial charge in [0, 0.05) is 18.2 Å². The minimum Gasteiger partial charge on any atom is -0.396 e. The summed E-state index contributed by atoms with van der Waals surface area (Å²) in [6.45, 7) is 0. The van der Waals surface area contributed by atoms with Crippen molar-refractivity contribution in [3.05, 3.63) is 40.4 Å². The van der Waals surface area contributed by atoms with Gasteiger partial charge in [-0.25, -0.2) is 4.98 Å². The second kappa shape index (κ2) is 3.33. The van der Waals surface area contributed by atoms with Crippen LogP contribution in [0.3, 0.4) is 0 Å². The molecule has 0 spiro atoms. The van der Waals surface area contributed by atoms with Crippen LogP contribution in [0.1, 0.15) is 30.9 Å². The fourth-order valence-electron chi connectivity index (χ4n) is 2.08. The summed E-state index contributed by atoms with van der Waals surface area (Å²) in [4.78, 5) is 16.4. The molecular formula is C12H13N3O. The van der Waals surface area contributed by atoms with Crippen LogP contribution in [0.5, 0.6) is 0 Å². The summed E-state index contributed by atoms with van der Waals surface area (Å²) in [5, 5.41) is 0. The minimum absolute atomic E-state index is 0.0424. The first-order valence-corrected chi connectivity index (χ1v) is 5.53. The lowest BCUT2D eigenvalue weighted by Gasteiger charge is -2.24. The van der Waals surface area contributed by atoms with Crippen LogP contribution in [0.25, 0.3) is 5.65 Å². The van der Waals surface area contributed by atoms with Gasteiger partial charge in [0.25, 0.3) is 5.56 Å². The third kappa shape index (κ3) is 1.30. The second-order valence-corrected chi connectivity index (χ2v) is 4.30. The third-order valence-corrected chi connectivity index (χ3v) is 3.26. The predicted molar refractivity (Wildman–Crippen MR) is 62.5 cm³/mol. The molecule has 0 aromatic carbocycles. The molecule has 0 bridgehead atoms. The van der Waals surface area contributed by atoms with Crippen LogP contribution in [0.15, 0.2) is 29.2 Å².